The van der Waals surface area contributed by atoms with E-state index in [1.807, 2.05) is 42.7 Å². The van der Waals surface area contributed by atoms with Crippen LogP contribution in [0.1, 0.15) is 25.5 Å². The molecule has 0 spiro atoms. The first kappa shape index (κ1) is 17.6. The summed E-state index contributed by atoms with van der Waals surface area (Å²) in [7, 11) is 0. The Kier molecular flexibility index (Phi) is 5.18. The lowest BCUT2D eigenvalue weighted by Gasteiger charge is -2.25. The van der Waals surface area contributed by atoms with Gasteiger partial charge in [0.25, 0.3) is 0 Å². The number of hydrogen-bond acceptors (Lipinski definition) is 2. The van der Waals surface area contributed by atoms with E-state index in [9.17, 15) is 9.18 Å². The van der Waals surface area contributed by atoms with Crippen LogP contribution in [0.3, 0.4) is 0 Å². The van der Waals surface area contributed by atoms with Crippen LogP contribution in [0.4, 0.5) is 4.39 Å². The summed E-state index contributed by atoms with van der Waals surface area (Å²) in [6.07, 6.45) is 1.68. The van der Waals surface area contributed by atoms with Gasteiger partial charge in [0.1, 0.15) is 11.9 Å². The third kappa shape index (κ3) is 3.58. The SMILES string of the molecule is CCN(Cc1cc(Br)ccc1F)C(=O)C(C)n1cnc2ccccc21. The molecule has 1 atom stereocenters. The first-order valence-electron chi connectivity index (χ1n) is 8.15. The number of carbonyl (C=O) groups excluding carboxylic acids is 1. The van der Waals surface area contributed by atoms with Crippen LogP contribution in [0.15, 0.2) is 53.3 Å². The van der Waals surface area contributed by atoms with Crippen LogP contribution < -0.4 is 0 Å². The molecule has 0 saturated heterocycles. The molecule has 0 bridgehead atoms. The summed E-state index contributed by atoms with van der Waals surface area (Å²) in [5, 5.41) is 0. The van der Waals surface area contributed by atoms with Crippen LogP contribution >= 0.6 is 15.9 Å². The van der Waals surface area contributed by atoms with Crippen molar-refractivity contribution in [3.63, 3.8) is 0 Å². The summed E-state index contributed by atoms with van der Waals surface area (Å²) in [4.78, 5) is 19.0. The fourth-order valence-corrected chi connectivity index (χ4v) is 3.29. The molecule has 0 aliphatic heterocycles. The first-order chi connectivity index (χ1) is 12.0. The summed E-state index contributed by atoms with van der Waals surface area (Å²) in [6, 6.07) is 12.0. The molecule has 0 fully saturated rings. The second-order valence-electron chi connectivity index (χ2n) is 5.90. The van der Waals surface area contributed by atoms with Crippen molar-refractivity contribution in [2.24, 2.45) is 0 Å². The number of fused-ring (bicyclic) bond motifs is 1. The highest BCUT2D eigenvalue weighted by Crippen LogP contribution is 2.22. The zero-order valence-corrected chi connectivity index (χ0v) is 15.7. The zero-order valence-electron chi connectivity index (χ0n) is 14.1. The molecule has 0 aliphatic rings. The number of imidazole rings is 1. The standard InChI is InChI=1S/C19H19BrFN3O/c1-3-23(11-14-10-15(20)8-9-16(14)21)19(25)13(2)24-12-22-17-6-4-5-7-18(17)24/h4-10,12-13H,3,11H2,1-2H3. The number of halogens is 2. The number of hydrogen-bond donors (Lipinski definition) is 0. The maximum atomic E-state index is 14.0. The molecule has 3 aromatic rings. The maximum absolute atomic E-state index is 14.0. The monoisotopic (exact) mass is 403 g/mol. The van der Waals surface area contributed by atoms with Gasteiger partial charge < -0.3 is 9.47 Å². The fourth-order valence-electron chi connectivity index (χ4n) is 2.89. The van der Waals surface area contributed by atoms with Gasteiger partial charge in [0.2, 0.25) is 5.91 Å². The van der Waals surface area contributed by atoms with Gasteiger partial charge in [-0.05, 0) is 44.2 Å². The Morgan fingerprint density at radius 1 is 1.32 bits per heavy atom. The van der Waals surface area contributed by atoms with Crippen molar-refractivity contribution < 1.29 is 9.18 Å². The number of para-hydroxylation sites is 2. The van der Waals surface area contributed by atoms with Gasteiger partial charge in [-0.1, -0.05) is 28.1 Å². The summed E-state index contributed by atoms with van der Waals surface area (Å²) in [6.45, 7) is 4.47. The Bertz CT molecular complexity index is 909. The predicted molar refractivity (Wildman–Crippen MR) is 99.6 cm³/mol. The van der Waals surface area contributed by atoms with Crippen LogP contribution in [0, 0.1) is 5.82 Å². The molecule has 1 aromatic heterocycles. The van der Waals surface area contributed by atoms with E-state index in [0.29, 0.717) is 12.1 Å². The molecule has 0 aliphatic carbocycles. The van der Waals surface area contributed by atoms with Crippen molar-refractivity contribution in [1.29, 1.82) is 0 Å². The lowest BCUT2D eigenvalue weighted by Crippen LogP contribution is -2.35. The van der Waals surface area contributed by atoms with E-state index in [1.165, 1.54) is 6.07 Å². The van der Waals surface area contributed by atoms with Crippen molar-refractivity contribution in [2.75, 3.05) is 6.54 Å². The molecular formula is C19H19BrFN3O. The predicted octanol–water partition coefficient (Wildman–Crippen LogP) is 4.55. The van der Waals surface area contributed by atoms with Gasteiger partial charge in [0.15, 0.2) is 0 Å². The van der Waals surface area contributed by atoms with Gasteiger partial charge in [0, 0.05) is 23.1 Å². The Morgan fingerprint density at radius 2 is 2.08 bits per heavy atom. The third-order valence-corrected chi connectivity index (χ3v) is 4.81. The number of rotatable bonds is 5. The number of amides is 1. The Balaban J connectivity index is 1.85. The maximum Gasteiger partial charge on any atom is 0.245 e. The van der Waals surface area contributed by atoms with Crippen LogP contribution in [-0.2, 0) is 11.3 Å². The number of benzene rings is 2. The molecule has 1 amide bonds. The average Bonchev–Trinajstić information content (AvgIpc) is 3.05. The lowest BCUT2D eigenvalue weighted by molar-refractivity contribution is -0.134. The van der Waals surface area contributed by atoms with E-state index in [-0.39, 0.29) is 18.3 Å². The highest BCUT2D eigenvalue weighted by atomic mass is 79.9. The Morgan fingerprint density at radius 3 is 2.84 bits per heavy atom. The topological polar surface area (TPSA) is 38.1 Å². The second kappa shape index (κ2) is 7.35. The average molecular weight is 404 g/mol. The molecule has 2 aromatic carbocycles. The van der Waals surface area contributed by atoms with Gasteiger partial charge in [-0.3, -0.25) is 4.79 Å². The smallest absolute Gasteiger partial charge is 0.245 e. The third-order valence-electron chi connectivity index (χ3n) is 4.32. The Hall–Kier alpha value is -2.21. The number of likely N-dealkylation sites (N-methyl/N-ethyl adjacent to an activating group) is 1. The molecule has 25 heavy (non-hydrogen) atoms. The largest absolute Gasteiger partial charge is 0.337 e. The first-order valence-corrected chi connectivity index (χ1v) is 8.95. The molecule has 1 unspecified atom stereocenters. The van der Waals surface area contributed by atoms with Crippen LogP contribution in [0.25, 0.3) is 11.0 Å². The van der Waals surface area contributed by atoms with E-state index in [2.05, 4.69) is 20.9 Å². The highest BCUT2D eigenvalue weighted by Gasteiger charge is 2.23. The molecule has 1 heterocycles. The molecule has 0 saturated carbocycles. The van der Waals surface area contributed by atoms with Crippen molar-refractivity contribution in [2.45, 2.75) is 26.4 Å². The quantitative estimate of drug-likeness (QED) is 0.626. The molecule has 6 heteroatoms. The van der Waals surface area contributed by atoms with Gasteiger partial charge in [-0.2, -0.15) is 0 Å². The molecule has 0 N–H and O–H groups in total. The van der Waals surface area contributed by atoms with Gasteiger partial charge in [0.05, 0.1) is 17.4 Å². The van der Waals surface area contributed by atoms with Crippen LogP contribution in [0.5, 0.6) is 0 Å². The Labute approximate surface area is 154 Å². The van der Waals surface area contributed by atoms with E-state index in [1.54, 1.807) is 23.4 Å². The van der Waals surface area contributed by atoms with Crippen LogP contribution in [0.2, 0.25) is 0 Å². The van der Waals surface area contributed by atoms with Crippen LogP contribution in [-0.4, -0.2) is 26.9 Å². The molecule has 4 nitrogen and oxygen atoms in total. The minimum atomic E-state index is -0.414. The van der Waals surface area contributed by atoms with Crippen molar-refractivity contribution in [1.82, 2.24) is 14.5 Å². The van der Waals surface area contributed by atoms with Gasteiger partial charge >= 0.3 is 0 Å². The normalized spacial score (nSPS) is 12.3. The van der Waals surface area contributed by atoms with Crippen molar-refractivity contribution >= 4 is 32.9 Å². The summed E-state index contributed by atoms with van der Waals surface area (Å²) in [5.41, 5.74) is 2.25. The van der Waals surface area contributed by atoms with E-state index < -0.39 is 6.04 Å². The second-order valence-corrected chi connectivity index (χ2v) is 6.82. The van der Waals surface area contributed by atoms with Gasteiger partial charge in [-0.25, -0.2) is 9.37 Å². The van der Waals surface area contributed by atoms with Crippen molar-refractivity contribution in [3.05, 3.63) is 64.6 Å². The fraction of sp³-hybridized carbons (Fsp3) is 0.263. The molecular weight excluding hydrogens is 385 g/mol. The summed E-state index contributed by atoms with van der Waals surface area (Å²) in [5.74, 6) is -0.375. The van der Waals surface area contributed by atoms with E-state index in [0.717, 1.165) is 15.5 Å². The summed E-state index contributed by atoms with van der Waals surface area (Å²) >= 11 is 3.35. The van der Waals surface area contributed by atoms with Crippen molar-refractivity contribution in [3.8, 4) is 0 Å². The van der Waals surface area contributed by atoms with E-state index in [4.69, 9.17) is 0 Å². The zero-order chi connectivity index (χ0) is 18.0. The lowest BCUT2D eigenvalue weighted by atomic mass is 10.1. The minimum absolute atomic E-state index is 0.0648. The highest BCUT2D eigenvalue weighted by molar-refractivity contribution is 9.10. The molecule has 130 valence electrons. The number of nitrogens with zero attached hydrogens (tertiary/aromatic N) is 3. The number of carbonyl (C=O) groups is 1. The van der Waals surface area contributed by atoms with Gasteiger partial charge in [-0.15, -0.1) is 0 Å². The number of aromatic nitrogens is 2. The molecule has 3 rings (SSSR count). The summed E-state index contributed by atoms with van der Waals surface area (Å²) < 4.78 is 16.7. The minimum Gasteiger partial charge on any atom is -0.337 e. The molecule has 0 radical (unpaired) electrons. The van der Waals surface area contributed by atoms with E-state index >= 15 is 0 Å².